The lowest BCUT2D eigenvalue weighted by molar-refractivity contribution is -0.170. The maximum Gasteiger partial charge on any atom is 0.260 e. The number of aryl methyl sites for hydroxylation is 2. The van der Waals surface area contributed by atoms with E-state index in [1.54, 1.807) is 12.0 Å². The molecule has 0 aliphatic carbocycles. The van der Waals surface area contributed by atoms with Gasteiger partial charge in [0.05, 0.1) is 18.3 Å². The van der Waals surface area contributed by atoms with E-state index in [-0.39, 0.29) is 24.2 Å². The normalized spacial score (nSPS) is 20.4. The lowest BCUT2D eigenvalue weighted by Gasteiger charge is -2.42. The molecule has 0 N–H and O–H groups in total. The minimum Gasteiger partial charge on any atom is -0.484 e. The van der Waals surface area contributed by atoms with Gasteiger partial charge in [-0.3, -0.25) is 4.79 Å². The van der Waals surface area contributed by atoms with E-state index in [1.165, 1.54) is 5.56 Å². The highest BCUT2D eigenvalue weighted by molar-refractivity contribution is 5.78. The zero-order valence-electron chi connectivity index (χ0n) is 14.7. The van der Waals surface area contributed by atoms with Crippen molar-refractivity contribution in [2.45, 2.75) is 39.4 Å². The molecule has 128 valence electrons. The Morgan fingerprint density at radius 1 is 1.35 bits per heavy atom. The fraction of sp³-hybridized carbons (Fsp3) is 0.611. The van der Waals surface area contributed by atoms with Gasteiger partial charge in [-0.25, -0.2) is 0 Å². The van der Waals surface area contributed by atoms with Crippen molar-refractivity contribution in [1.82, 2.24) is 4.90 Å². The van der Waals surface area contributed by atoms with E-state index >= 15 is 0 Å². The number of benzene rings is 1. The highest BCUT2D eigenvalue weighted by atomic mass is 16.5. The molecule has 1 aromatic carbocycles. The fourth-order valence-corrected chi connectivity index (χ4v) is 2.80. The first-order chi connectivity index (χ1) is 10.8. The van der Waals surface area contributed by atoms with Crippen molar-refractivity contribution in [3.63, 3.8) is 0 Å². The molecule has 5 heteroatoms. The zero-order valence-corrected chi connectivity index (χ0v) is 14.7. The first-order valence-corrected chi connectivity index (χ1v) is 7.95. The summed E-state index contributed by atoms with van der Waals surface area (Å²) in [5, 5.41) is 0. The molecule has 1 atom stereocenters. The molecule has 1 aromatic rings. The number of carbonyl (C=O) groups is 1. The highest BCUT2D eigenvalue weighted by Crippen LogP contribution is 2.22. The van der Waals surface area contributed by atoms with E-state index in [4.69, 9.17) is 14.2 Å². The summed E-state index contributed by atoms with van der Waals surface area (Å²) in [5.41, 5.74) is 1.99. The van der Waals surface area contributed by atoms with Crippen molar-refractivity contribution < 1.29 is 19.0 Å². The molecule has 0 spiro atoms. The van der Waals surface area contributed by atoms with Gasteiger partial charge < -0.3 is 19.1 Å². The van der Waals surface area contributed by atoms with Gasteiger partial charge in [0.1, 0.15) is 5.75 Å². The van der Waals surface area contributed by atoms with Gasteiger partial charge >= 0.3 is 0 Å². The predicted molar refractivity (Wildman–Crippen MR) is 88.8 cm³/mol. The maximum atomic E-state index is 12.5. The van der Waals surface area contributed by atoms with Gasteiger partial charge in [-0.2, -0.15) is 0 Å². The Bertz CT molecular complexity index is 556. The topological polar surface area (TPSA) is 48.0 Å². The van der Waals surface area contributed by atoms with E-state index in [1.807, 2.05) is 39.0 Å². The second-order valence-corrected chi connectivity index (χ2v) is 6.76. The van der Waals surface area contributed by atoms with Crippen molar-refractivity contribution in [3.05, 3.63) is 29.3 Å². The Balaban J connectivity index is 1.94. The molecule has 1 saturated heterocycles. The van der Waals surface area contributed by atoms with Gasteiger partial charge in [-0.15, -0.1) is 0 Å². The van der Waals surface area contributed by atoms with E-state index in [0.717, 1.165) is 11.3 Å². The van der Waals surface area contributed by atoms with Crippen LogP contribution in [0.4, 0.5) is 0 Å². The average Bonchev–Trinajstić information content (AvgIpc) is 2.47. The predicted octanol–water partition coefficient (Wildman–Crippen LogP) is 2.33. The monoisotopic (exact) mass is 321 g/mol. The lowest BCUT2D eigenvalue weighted by Crippen LogP contribution is -2.56. The standard InChI is InChI=1S/C18H27NO4/c1-13-6-7-15(8-14(13)2)22-11-17(20)19-9-16(10-21-5)23-18(3,4)12-19/h6-8,16H,9-12H2,1-5H3/t16-/m1/s1. The molecule has 0 bridgehead atoms. The molecule has 23 heavy (non-hydrogen) atoms. The number of hydrogen-bond acceptors (Lipinski definition) is 4. The summed E-state index contributed by atoms with van der Waals surface area (Å²) in [6.07, 6.45) is -0.102. The number of methoxy groups -OCH3 is 1. The maximum absolute atomic E-state index is 12.5. The second-order valence-electron chi connectivity index (χ2n) is 6.76. The Kier molecular flexibility index (Phi) is 5.65. The average molecular weight is 321 g/mol. The van der Waals surface area contributed by atoms with E-state index in [0.29, 0.717) is 19.7 Å². The third-order valence-corrected chi connectivity index (χ3v) is 4.03. The molecular formula is C18H27NO4. The summed E-state index contributed by atoms with van der Waals surface area (Å²) >= 11 is 0. The van der Waals surface area contributed by atoms with Crippen molar-refractivity contribution in [3.8, 4) is 5.75 Å². The van der Waals surface area contributed by atoms with Gasteiger partial charge in [-0.1, -0.05) is 6.07 Å². The first kappa shape index (κ1) is 17.8. The summed E-state index contributed by atoms with van der Waals surface area (Å²) in [6, 6.07) is 5.85. The molecular weight excluding hydrogens is 294 g/mol. The molecule has 0 unspecified atom stereocenters. The number of carbonyl (C=O) groups excluding carboxylic acids is 1. The van der Waals surface area contributed by atoms with Crippen LogP contribution in [-0.4, -0.2) is 55.9 Å². The Hall–Kier alpha value is -1.59. The van der Waals surface area contributed by atoms with Gasteiger partial charge in [0, 0.05) is 20.2 Å². The number of hydrogen-bond donors (Lipinski definition) is 0. The molecule has 1 aliphatic heterocycles. The number of nitrogens with zero attached hydrogens (tertiary/aromatic N) is 1. The smallest absolute Gasteiger partial charge is 0.260 e. The number of ether oxygens (including phenoxy) is 3. The molecule has 2 rings (SSSR count). The van der Waals surface area contributed by atoms with Gasteiger partial charge in [0.2, 0.25) is 0 Å². The van der Waals surface area contributed by atoms with Crippen molar-refractivity contribution in [2.24, 2.45) is 0 Å². The fourth-order valence-electron chi connectivity index (χ4n) is 2.80. The van der Waals surface area contributed by atoms with Crippen LogP contribution in [0.5, 0.6) is 5.75 Å². The summed E-state index contributed by atoms with van der Waals surface area (Å²) < 4.78 is 16.7. The Morgan fingerprint density at radius 3 is 2.74 bits per heavy atom. The lowest BCUT2D eigenvalue weighted by atomic mass is 10.1. The summed E-state index contributed by atoms with van der Waals surface area (Å²) in [4.78, 5) is 14.3. The SMILES string of the molecule is COC[C@H]1CN(C(=O)COc2ccc(C)c(C)c2)CC(C)(C)O1. The summed E-state index contributed by atoms with van der Waals surface area (Å²) in [7, 11) is 1.64. The van der Waals surface area contributed by atoms with Crippen LogP contribution >= 0.6 is 0 Å². The minimum atomic E-state index is -0.377. The third kappa shape index (κ3) is 4.94. The highest BCUT2D eigenvalue weighted by Gasteiger charge is 2.35. The van der Waals surface area contributed by atoms with Crippen LogP contribution in [0.2, 0.25) is 0 Å². The molecule has 5 nitrogen and oxygen atoms in total. The van der Waals surface area contributed by atoms with Gasteiger partial charge in [-0.05, 0) is 51.0 Å². The third-order valence-electron chi connectivity index (χ3n) is 4.03. The Morgan fingerprint density at radius 2 is 2.09 bits per heavy atom. The number of amides is 1. The molecule has 0 saturated carbocycles. The summed E-state index contributed by atoms with van der Waals surface area (Å²) in [5.74, 6) is 0.697. The molecule has 1 amide bonds. The van der Waals surface area contributed by atoms with Crippen LogP contribution in [0.25, 0.3) is 0 Å². The van der Waals surface area contributed by atoms with Crippen LogP contribution in [0, 0.1) is 13.8 Å². The summed E-state index contributed by atoms with van der Waals surface area (Å²) in [6.45, 7) is 9.66. The second kappa shape index (κ2) is 7.32. The molecule has 1 fully saturated rings. The van der Waals surface area contributed by atoms with Crippen molar-refractivity contribution >= 4 is 5.91 Å². The molecule has 0 radical (unpaired) electrons. The van der Waals surface area contributed by atoms with E-state index in [2.05, 4.69) is 6.92 Å². The zero-order chi connectivity index (χ0) is 17.0. The Labute approximate surface area is 138 Å². The van der Waals surface area contributed by atoms with Crippen LogP contribution in [0.1, 0.15) is 25.0 Å². The molecule has 1 aliphatic rings. The van der Waals surface area contributed by atoms with Crippen LogP contribution < -0.4 is 4.74 Å². The minimum absolute atomic E-state index is 0.0271. The van der Waals surface area contributed by atoms with Crippen LogP contribution in [-0.2, 0) is 14.3 Å². The number of rotatable bonds is 5. The van der Waals surface area contributed by atoms with E-state index in [9.17, 15) is 4.79 Å². The quantitative estimate of drug-likeness (QED) is 0.835. The first-order valence-electron chi connectivity index (χ1n) is 7.95. The molecule has 1 heterocycles. The van der Waals surface area contributed by atoms with Gasteiger partial charge in [0.25, 0.3) is 5.91 Å². The largest absolute Gasteiger partial charge is 0.484 e. The van der Waals surface area contributed by atoms with Crippen LogP contribution in [0.15, 0.2) is 18.2 Å². The number of morpholine rings is 1. The van der Waals surface area contributed by atoms with Crippen molar-refractivity contribution in [2.75, 3.05) is 33.4 Å². The van der Waals surface area contributed by atoms with Crippen LogP contribution in [0.3, 0.4) is 0 Å². The molecule has 0 aromatic heterocycles. The van der Waals surface area contributed by atoms with Crippen molar-refractivity contribution in [1.29, 1.82) is 0 Å². The van der Waals surface area contributed by atoms with Gasteiger partial charge in [0.15, 0.2) is 6.61 Å². The van der Waals surface area contributed by atoms with E-state index < -0.39 is 0 Å².